The zero-order chi connectivity index (χ0) is 15.1. The van der Waals surface area contributed by atoms with Crippen molar-refractivity contribution >= 4 is 15.8 Å². The van der Waals surface area contributed by atoms with Crippen LogP contribution in [0.4, 0.5) is 0 Å². The Hall–Kier alpha value is -0.660. The topological polar surface area (TPSA) is 89.9 Å². The van der Waals surface area contributed by atoms with Gasteiger partial charge in [0.15, 0.2) is 9.84 Å². The molecule has 0 bridgehead atoms. The van der Waals surface area contributed by atoms with Crippen molar-refractivity contribution in [1.82, 2.24) is 0 Å². The molecule has 2 unspecified atom stereocenters. The third kappa shape index (κ3) is 2.71. The lowest BCUT2D eigenvalue weighted by molar-refractivity contribution is -0.173. The number of carbonyl (C=O) groups is 1. The lowest BCUT2D eigenvalue weighted by Gasteiger charge is -2.47. The van der Waals surface area contributed by atoms with E-state index in [2.05, 4.69) is 0 Å². The minimum atomic E-state index is -3.24. The number of carboxylic acid groups (broad SMARTS) is 1. The minimum absolute atomic E-state index is 0.00717. The Morgan fingerprint density at radius 2 is 1.86 bits per heavy atom. The number of hydrogen-bond acceptors (Lipinski definition) is 5. The molecule has 0 aliphatic carbocycles. The second-order valence-corrected chi connectivity index (χ2v) is 8.82. The fraction of sp³-hybridized carbons (Fsp3) is 0.929. The van der Waals surface area contributed by atoms with Crippen LogP contribution < -0.4 is 0 Å². The van der Waals surface area contributed by atoms with Crippen molar-refractivity contribution in [2.75, 3.05) is 31.3 Å². The van der Waals surface area contributed by atoms with E-state index >= 15 is 0 Å². The maximum atomic E-state index is 11.9. The first-order chi connectivity index (χ1) is 9.88. The van der Waals surface area contributed by atoms with Gasteiger partial charge in [-0.25, -0.2) is 8.42 Å². The predicted molar refractivity (Wildman–Crippen MR) is 74.8 cm³/mol. The molecule has 1 spiro atoms. The molecule has 3 saturated heterocycles. The molecular weight excluding hydrogens is 296 g/mol. The number of carboxylic acids is 1. The molecule has 3 aliphatic rings. The summed E-state index contributed by atoms with van der Waals surface area (Å²) in [6.45, 7) is 1.77. The van der Waals surface area contributed by atoms with Crippen molar-refractivity contribution in [2.24, 2.45) is 11.3 Å². The highest BCUT2D eigenvalue weighted by atomic mass is 32.2. The van der Waals surface area contributed by atoms with Gasteiger partial charge in [0.25, 0.3) is 0 Å². The van der Waals surface area contributed by atoms with Crippen molar-refractivity contribution in [3.05, 3.63) is 0 Å². The molecule has 0 aromatic carbocycles. The van der Waals surface area contributed by atoms with Crippen LogP contribution in [0, 0.1) is 11.3 Å². The van der Waals surface area contributed by atoms with Gasteiger partial charge in [0.05, 0.1) is 22.5 Å². The van der Waals surface area contributed by atoms with Crippen LogP contribution in [0.2, 0.25) is 0 Å². The van der Waals surface area contributed by atoms with Gasteiger partial charge in [-0.2, -0.15) is 0 Å². The number of aliphatic carboxylic acids is 1. The first kappa shape index (κ1) is 15.2. The summed E-state index contributed by atoms with van der Waals surface area (Å²) in [6, 6.07) is 0. The second kappa shape index (κ2) is 5.21. The highest BCUT2D eigenvalue weighted by Gasteiger charge is 2.56. The summed E-state index contributed by atoms with van der Waals surface area (Å²) in [5.74, 6) is -1.31. The molecule has 0 amide bonds. The molecule has 2 atom stereocenters. The lowest BCUT2D eigenvalue weighted by atomic mass is 9.66. The van der Waals surface area contributed by atoms with E-state index in [1.807, 2.05) is 0 Å². The fourth-order valence-corrected chi connectivity index (χ4v) is 6.24. The van der Waals surface area contributed by atoms with E-state index in [1.165, 1.54) is 0 Å². The summed E-state index contributed by atoms with van der Waals surface area (Å²) in [7, 11) is -3.24. The van der Waals surface area contributed by atoms with Crippen LogP contribution in [0.15, 0.2) is 0 Å². The van der Waals surface area contributed by atoms with Gasteiger partial charge in [0.2, 0.25) is 0 Å². The van der Waals surface area contributed by atoms with Crippen LogP contribution in [0.3, 0.4) is 0 Å². The molecule has 0 radical (unpaired) electrons. The first-order valence-corrected chi connectivity index (χ1v) is 9.35. The normalized spacial score (nSPS) is 38.4. The third-order valence-electron chi connectivity index (χ3n) is 5.44. The third-order valence-corrected chi connectivity index (χ3v) is 7.22. The molecule has 3 heterocycles. The highest BCUT2D eigenvalue weighted by molar-refractivity contribution is 7.91. The summed E-state index contributed by atoms with van der Waals surface area (Å²) in [5.41, 5.74) is -1.43. The second-order valence-electron chi connectivity index (χ2n) is 6.64. The van der Waals surface area contributed by atoms with Crippen molar-refractivity contribution < 1.29 is 27.8 Å². The zero-order valence-electron chi connectivity index (χ0n) is 12.0. The molecule has 3 aliphatic heterocycles. The summed E-state index contributed by atoms with van der Waals surface area (Å²) in [6.07, 6.45) is 3.04. The molecule has 6 nitrogen and oxygen atoms in total. The maximum absolute atomic E-state index is 11.9. The van der Waals surface area contributed by atoms with Crippen LogP contribution in [-0.2, 0) is 24.1 Å². The van der Waals surface area contributed by atoms with E-state index in [9.17, 15) is 18.3 Å². The molecular formula is C14H22O6S. The Labute approximate surface area is 124 Å². The van der Waals surface area contributed by atoms with Crippen LogP contribution >= 0.6 is 0 Å². The van der Waals surface area contributed by atoms with E-state index in [0.717, 1.165) is 12.8 Å². The van der Waals surface area contributed by atoms with Gasteiger partial charge in [-0.1, -0.05) is 0 Å². The molecule has 3 fully saturated rings. The van der Waals surface area contributed by atoms with Crippen LogP contribution in [0.25, 0.3) is 0 Å². The molecule has 0 aromatic heterocycles. The van der Waals surface area contributed by atoms with Gasteiger partial charge in [0.1, 0.15) is 0 Å². The summed E-state index contributed by atoms with van der Waals surface area (Å²) in [4.78, 5) is 11.9. The van der Waals surface area contributed by atoms with Crippen LogP contribution in [0.5, 0.6) is 0 Å². The lowest BCUT2D eigenvalue weighted by Crippen LogP contribution is -2.51. The Bertz CT molecular complexity index is 516. The smallest absolute Gasteiger partial charge is 0.310 e. The van der Waals surface area contributed by atoms with Gasteiger partial charge in [0, 0.05) is 19.8 Å². The summed E-state index contributed by atoms with van der Waals surface area (Å²) in [5, 5.41) is 9.71. The SMILES string of the molecule is O=C(O)C1(C2CCOC3(CCOCC3)C2)CCS(=O)(=O)C1. The van der Waals surface area contributed by atoms with E-state index in [0.29, 0.717) is 32.7 Å². The quantitative estimate of drug-likeness (QED) is 0.812. The predicted octanol–water partition coefficient (Wildman–Crippen LogP) is 0.852. The fourth-order valence-electron chi connectivity index (χ4n) is 4.13. The number of sulfone groups is 1. The van der Waals surface area contributed by atoms with E-state index < -0.39 is 21.2 Å². The van der Waals surface area contributed by atoms with E-state index in [-0.39, 0.29) is 29.4 Å². The van der Waals surface area contributed by atoms with Crippen LogP contribution in [-0.4, -0.2) is 56.4 Å². The zero-order valence-corrected chi connectivity index (χ0v) is 12.9. The molecule has 0 aromatic rings. The first-order valence-electron chi connectivity index (χ1n) is 7.53. The molecule has 21 heavy (non-hydrogen) atoms. The Balaban J connectivity index is 1.85. The minimum Gasteiger partial charge on any atom is -0.481 e. The monoisotopic (exact) mass is 318 g/mol. The largest absolute Gasteiger partial charge is 0.481 e. The van der Waals surface area contributed by atoms with Gasteiger partial charge in [-0.15, -0.1) is 0 Å². The number of rotatable bonds is 2. The van der Waals surface area contributed by atoms with Gasteiger partial charge in [-0.05, 0) is 38.0 Å². The summed E-state index contributed by atoms with van der Waals surface area (Å²) >= 11 is 0. The Morgan fingerprint density at radius 1 is 1.14 bits per heavy atom. The van der Waals surface area contributed by atoms with Gasteiger partial charge < -0.3 is 14.6 Å². The molecule has 3 rings (SSSR count). The van der Waals surface area contributed by atoms with Crippen molar-refractivity contribution in [3.8, 4) is 0 Å². The molecule has 1 N–H and O–H groups in total. The molecule has 0 saturated carbocycles. The molecule has 120 valence electrons. The van der Waals surface area contributed by atoms with E-state index in [1.54, 1.807) is 0 Å². The standard InChI is InChI=1S/C14H22O6S/c15-12(16)14(4-8-21(17,18)10-14)11-1-5-20-13(9-11)2-6-19-7-3-13/h11H,1-10H2,(H,15,16). The highest BCUT2D eigenvalue weighted by Crippen LogP contribution is 2.49. The number of ether oxygens (including phenoxy) is 2. The Morgan fingerprint density at radius 3 is 2.43 bits per heavy atom. The van der Waals surface area contributed by atoms with Crippen molar-refractivity contribution in [2.45, 2.75) is 37.7 Å². The maximum Gasteiger partial charge on any atom is 0.310 e. The average molecular weight is 318 g/mol. The van der Waals surface area contributed by atoms with Crippen LogP contribution in [0.1, 0.15) is 32.1 Å². The summed E-state index contributed by atoms with van der Waals surface area (Å²) < 4.78 is 35.0. The van der Waals surface area contributed by atoms with Crippen molar-refractivity contribution in [1.29, 1.82) is 0 Å². The van der Waals surface area contributed by atoms with Gasteiger partial charge >= 0.3 is 5.97 Å². The van der Waals surface area contributed by atoms with Gasteiger partial charge in [-0.3, -0.25) is 4.79 Å². The Kier molecular flexibility index (Phi) is 3.78. The number of hydrogen-bond donors (Lipinski definition) is 1. The van der Waals surface area contributed by atoms with Crippen molar-refractivity contribution in [3.63, 3.8) is 0 Å². The molecule has 7 heteroatoms. The van der Waals surface area contributed by atoms with E-state index in [4.69, 9.17) is 9.47 Å². The average Bonchev–Trinajstić information content (AvgIpc) is 2.77.